The quantitative estimate of drug-likeness (QED) is 0.786. The summed E-state index contributed by atoms with van der Waals surface area (Å²) in [4.78, 5) is 24.9. The molecule has 2 rings (SSSR count). The lowest BCUT2D eigenvalue weighted by molar-refractivity contribution is -0.129. The zero-order chi connectivity index (χ0) is 17.0. The zero-order valence-corrected chi connectivity index (χ0v) is 13.9. The van der Waals surface area contributed by atoms with Gasteiger partial charge in [0.25, 0.3) is 0 Å². The lowest BCUT2D eigenvalue weighted by Gasteiger charge is -2.23. The smallest absolute Gasteiger partial charge is 0.337 e. The Labute approximate surface area is 135 Å². The minimum absolute atomic E-state index is 0.0308. The van der Waals surface area contributed by atoms with Crippen molar-refractivity contribution in [3.05, 3.63) is 29.8 Å². The zero-order valence-electron chi connectivity index (χ0n) is 13.1. The fourth-order valence-electron chi connectivity index (χ4n) is 2.43. The van der Waals surface area contributed by atoms with Crippen molar-refractivity contribution in [2.75, 3.05) is 37.5 Å². The summed E-state index contributed by atoms with van der Waals surface area (Å²) in [7, 11) is -0.0820. The molecule has 1 heterocycles. The van der Waals surface area contributed by atoms with E-state index in [-0.39, 0.29) is 30.0 Å². The van der Waals surface area contributed by atoms with Crippen LogP contribution in [0.5, 0.6) is 0 Å². The largest absolute Gasteiger partial charge is 0.465 e. The molecule has 0 unspecified atom stereocenters. The van der Waals surface area contributed by atoms with Crippen LogP contribution in [-0.2, 0) is 19.4 Å². The minimum Gasteiger partial charge on any atom is -0.465 e. The summed E-state index contributed by atoms with van der Waals surface area (Å²) < 4.78 is 27.5. The first-order valence-corrected chi connectivity index (χ1v) is 9.03. The van der Waals surface area contributed by atoms with Gasteiger partial charge in [0.05, 0.1) is 30.7 Å². The molecule has 23 heavy (non-hydrogen) atoms. The second kappa shape index (κ2) is 6.99. The van der Waals surface area contributed by atoms with E-state index in [1.807, 2.05) is 0 Å². The van der Waals surface area contributed by atoms with E-state index in [2.05, 4.69) is 10.1 Å². The van der Waals surface area contributed by atoms with Gasteiger partial charge in [0.15, 0.2) is 9.84 Å². The summed E-state index contributed by atoms with van der Waals surface area (Å²) >= 11 is 0. The van der Waals surface area contributed by atoms with Crippen molar-refractivity contribution >= 4 is 27.4 Å². The molecule has 1 aliphatic rings. The molecule has 1 fully saturated rings. The second-order valence-corrected chi connectivity index (χ2v) is 7.71. The third kappa shape index (κ3) is 4.44. The highest BCUT2D eigenvalue weighted by Crippen LogP contribution is 2.17. The molecule has 1 N–H and O–H groups in total. The molecule has 0 aliphatic carbocycles. The number of carbonyl (C=O) groups excluding carboxylic acids is 2. The Balaban J connectivity index is 1.88. The van der Waals surface area contributed by atoms with E-state index in [1.54, 1.807) is 31.3 Å². The second-order valence-electron chi connectivity index (χ2n) is 5.48. The van der Waals surface area contributed by atoms with Crippen molar-refractivity contribution in [3.63, 3.8) is 0 Å². The minimum atomic E-state index is -3.01. The molecule has 0 bridgehead atoms. The van der Waals surface area contributed by atoms with Crippen molar-refractivity contribution in [2.45, 2.75) is 12.5 Å². The van der Waals surface area contributed by atoms with Crippen LogP contribution >= 0.6 is 0 Å². The number of amides is 1. The van der Waals surface area contributed by atoms with Gasteiger partial charge in [0, 0.05) is 18.8 Å². The molecule has 0 spiro atoms. The molecule has 1 aliphatic heterocycles. The lowest BCUT2D eigenvalue weighted by atomic mass is 10.2. The molecule has 7 nitrogen and oxygen atoms in total. The number of hydrogen-bond donors (Lipinski definition) is 1. The van der Waals surface area contributed by atoms with Crippen LogP contribution in [0.15, 0.2) is 24.3 Å². The van der Waals surface area contributed by atoms with Crippen LogP contribution in [0.4, 0.5) is 5.69 Å². The Morgan fingerprint density at radius 3 is 2.48 bits per heavy atom. The van der Waals surface area contributed by atoms with Crippen molar-refractivity contribution in [2.24, 2.45) is 0 Å². The molecule has 1 aromatic rings. The molecule has 0 radical (unpaired) electrons. The average molecular weight is 340 g/mol. The number of hydrogen-bond acceptors (Lipinski definition) is 6. The highest BCUT2D eigenvalue weighted by molar-refractivity contribution is 7.91. The first-order chi connectivity index (χ1) is 10.8. The number of anilines is 1. The number of nitrogens with one attached hydrogen (secondary N) is 1. The van der Waals surface area contributed by atoms with Gasteiger partial charge in [0.1, 0.15) is 0 Å². The van der Waals surface area contributed by atoms with Crippen LogP contribution in [0, 0.1) is 0 Å². The van der Waals surface area contributed by atoms with Gasteiger partial charge in [-0.15, -0.1) is 0 Å². The Hall–Kier alpha value is -2.09. The van der Waals surface area contributed by atoms with Gasteiger partial charge in [-0.05, 0) is 30.7 Å². The summed E-state index contributed by atoms with van der Waals surface area (Å²) in [6.07, 6.45) is 0.485. The van der Waals surface area contributed by atoms with Crippen LogP contribution in [0.3, 0.4) is 0 Å². The Morgan fingerprint density at radius 1 is 1.30 bits per heavy atom. The van der Waals surface area contributed by atoms with Gasteiger partial charge in [0.2, 0.25) is 5.91 Å². The number of sulfone groups is 1. The maximum Gasteiger partial charge on any atom is 0.337 e. The number of benzene rings is 1. The Kier molecular flexibility index (Phi) is 5.25. The van der Waals surface area contributed by atoms with E-state index in [4.69, 9.17) is 0 Å². The molecule has 126 valence electrons. The fraction of sp³-hybridized carbons (Fsp3) is 0.467. The van der Waals surface area contributed by atoms with Gasteiger partial charge < -0.3 is 15.0 Å². The summed E-state index contributed by atoms with van der Waals surface area (Å²) in [5.41, 5.74) is 1.12. The highest BCUT2D eigenvalue weighted by atomic mass is 32.2. The average Bonchev–Trinajstić information content (AvgIpc) is 2.91. The number of likely N-dealkylation sites (N-methyl/N-ethyl adjacent to an activating group) is 1. The van der Waals surface area contributed by atoms with E-state index in [1.165, 1.54) is 12.0 Å². The summed E-state index contributed by atoms with van der Waals surface area (Å²) in [6.45, 7) is 0.0601. The standard InChI is InChI=1S/C15H20N2O5S/c1-17(13-7-8-23(20,21)10-13)14(18)9-16-12-5-3-11(4-6-12)15(19)22-2/h3-6,13,16H,7-10H2,1-2H3/t13-/m1/s1. The summed E-state index contributed by atoms with van der Waals surface area (Å²) in [6, 6.07) is 6.31. The molecular weight excluding hydrogens is 320 g/mol. The Morgan fingerprint density at radius 2 is 1.96 bits per heavy atom. The predicted molar refractivity (Wildman–Crippen MR) is 86.1 cm³/mol. The first kappa shape index (κ1) is 17.3. The lowest BCUT2D eigenvalue weighted by Crippen LogP contribution is -2.40. The molecule has 1 amide bonds. The summed E-state index contributed by atoms with van der Waals surface area (Å²) in [5, 5.41) is 2.96. The van der Waals surface area contributed by atoms with E-state index >= 15 is 0 Å². The Bertz CT molecular complexity index is 684. The van der Waals surface area contributed by atoms with Crippen LogP contribution in [0.2, 0.25) is 0 Å². The molecule has 0 aromatic heterocycles. The van der Waals surface area contributed by atoms with E-state index < -0.39 is 15.8 Å². The predicted octanol–water partition coefficient (Wildman–Crippen LogP) is 0.531. The fourth-order valence-corrected chi connectivity index (χ4v) is 4.20. The maximum atomic E-state index is 12.1. The third-order valence-corrected chi connectivity index (χ3v) is 5.65. The molecule has 8 heteroatoms. The van der Waals surface area contributed by atoms with E-state index in [9.17, 15) is 18.0 Å². The monoisotopic (exact) mass is 340 g/mol. The van der Waals surface area contributed by atoms with Gasteiger partial charge in [-0.3, -0.25) is 4.79 Å². The summed E-state index contributed by atoms with van der Waals surface area (Å²) in [5.74, 6) is -0.431. The van der Waals surface area contributed by atoms with E-state index in [0.29, 0.717) is 17.7 Å². The molecule has 1 aromatic carbocycles. The normalized spacial score (nSPS) is 19.1. The van der Waals surface area contributed by atoms with Crippen molar-refractivity contribution in [1.82, 2.24) is 4.90 Å². The third-order valence-electron chi connectivity index (χ3n) is 3.90. The van der Waals surface area contributed by atoms with Crippen molar-refractivity contribution < 1.29 is 22.7 Å². The molecular formula is C15H20N2O5S. The van der Waals surface area contributed by atoms with Crippen LogP contribution < -0.4 is 5.32 Å². The van der Waals surface area contributed by atoms with Crippen LogP contribution in [0.25, 0.3) is 0 Å². The number of carbonyl (C=O) groups is 2. The SMILES string of the molecule is COC(=O)c1ccc(NCC(=O)N(C)[C@@H]2CCS(=O)(=O)C2)cc1. The number of methoxy groups -OCH3 is 1. The highest BCUT2D eigenvalue weighted by Gasteiger charge is 2.32. The number of ether oxygens (including phenoxy) is 1. The van der Waals surface area contributed by atoms with Gasteiger partial charge in [-0.1, -0.05) is 0 Å². The van der Waals surface area contributed by atoms with Crippen LogP contribution in [-0.4, -0.2) is 63.4 Å². The number of nitrogens with zero attached hydrogens (tertiary/aromatic N) is 1. The van der Waals surface area contributed by atoms with Gasteiger partial charge in [-0.2, -0.15) is 0 Å². The maximum absolute atomic E-state index is 12.1. The van der Waals surface area contributed by atoms with Crippen LogP contribution in [0.1, 0.15) is 16.8 Å². The molecule has 1 atom stereocenters. The first-order valence-electron chi connectivity index (χ1n) is 7.21. The molecule has 1 saturated heterocycles. The van der Waals surface area contributed by atoms with Crippen molar-refractivity contribution in [3.8, 4) is 0 Å². The van der Waals surface area contributed by atoms with Crippen molar-refractivity contribution in [1.29, 1.82) is 0 Å². The number of rotatable bonds is 5. The number of esters is 1. The topological polar surface area (TPSA) is 92.8 Å². The van der Waals surface area contributed by atoms with Gasteiger partial charge in [-0.25, -0.2) is 13.2 Å². The van der Waals surface area contributed by atoms with Gasteiger partial charge >= 0.3 is 5.97 Å². The molecule has 0 saturated carbocycles. The van der Waals surface area contributed by atoms with E-state index in [0.717, 1.165) is 0 Å².